The third-order valence-corrected chi connectivity index (χ3v) is 11.8. The van der Waals surface area contributed by atoms with Crippen LogP contribution in [0.15, 0.2) is 174 Å². The van der Waals surface area contributed by atoms with Crippen LogP contribution in [0.4, 0.5) is 0 Å². The number of para-hydroxylation sites is 2. The predicted octanol–water partition coefficient (Wildman–Crippen LogP) is 13.7. The molecule has 0 bridgehead atoms. The van der Waals surface area contributed by atoms with Crippen LogP contribution in [0, 0.1) is 0 Å². The van der Waals surface area contributed by atoms with E-state index in [1.807, 2.05) is 0 Å². The van der Waals surface area contributed by atoms with Gasteiger partial charge in [-0.15, -0.1) is 0 Å². The van der Waals surface area contributed by atoms with Gasteiger partial charge in [0.25, 0.3) is 0 Å². The monoisotopic (exact) mass is 672 g/mol. The van der Waals surface area contributed by atoms with Crippen molar-refractivity contribution in [3.8, 4) is 33.6 Å². The van der Waals surface area contributed by atoms with E-state index in [4.69, 9.17) is 4.42 Å². The van der Waals surface area contributed by atoms with Gasteiger partial charge in [-0.25, -0.2) is 0 Å². The summed E-state index contributed by atoms with van der Waals surface area (Å²) in [7, 11) is 0. The standard InChI is InChI=1S/C50H28N2O/c1-2-14-32-29(10-1)11-9-20-42(32)52-43-19-5-3-15-34(43)38-24-25-40-47-44(27-26-39-35-16-4-6-21-45(35)53-50(39)47)51(49(40)48(38)52)31-22-23-33-36-17-7-12-30-13-8-18-37(46(30)36)41(33)28-31/h1-28H. The van der Waals surface area contributed by atoms with E-state index in [1.165, 1.54) is 82.2 Å². The second-order valence-electron chi connectivity index (χ2n) is 14.4. The first-order valence-electron chi connectivity index (χ1n) is 18.3. The first-order valence-corrected chi connectivity index (χ1v) is 18.3. The van der Waals surface area contributed by atoms with Gasteiger partial charge < -0.3 is 13.6 Å². The molecule has 3 heterocycles. The number of benzene rings is 9. The van der Waals surface area contributed by atoms with Gasteiger partial charge in [0.15, 0.2) is 0 Å². The highest BCUT2D eigenvalue weighted by molar-refractivity contribution is 6.30. The fraction of sp³-hybridized carbons (Fsp3) is 0. The average molecular weight is 673 g/mol. The van der Waals surface area contributed by atoms with Gasteiger partial charge >= 0.3 is 0 Å². The molecular weight excluding hydrogens is 645 g/mol. The number of fused-ring (bicyclic) bond motifs is 15. The molecule has 13 rings (SSSR count). The summed E-state index contributed by atoms with van der Waals surface area (Å²) < 4.78 is 11.8. The number of hydrogen-bond acceptors (Lipinski definition) is 1. The van der Waals surface area contributed by atoms with E-state index < -0.39 is 0 Å². The summed E-state index contributed by atoms with van der Waals surface area (Å²) in [5.74, 6) is 0. The van der Waals surface area contributed by atoms with Crippen molar-refractivity contribution in [3.05, 3.63) is 170 Å². The lowest BCUT2D eigenvalue weighted by Gasteiger charge is -2.15. The highest BCUT2D eigenvalue weighted by atomic mass is 16.3. The van der Waals surface area contributed by atoms with E-state index in [1.54, 1.807) is 0 Å². The molecule has 1 aliphatic rings. The Hall–Kier alpha value is -7.10. The van der Waals surface area contributed by atoms with Crippen molar-refractivity contribution in [3.63, 3.8) is 0 Å². The Morgan fingerprint density at radius 1 is 0.358 bits per heavy atom. The minimum atomic E-state index is 0.908. The fourth-order valence-electron chi connectivity index (χ4n) is 9.65. The SMILES string of the molecule is c1ccc2c(-n3c4ccccc4c4ccc5c6c7oc8ccccc8c7ccc6n(-c6ccc7c(c6)-c6cccc8cccc-7c68)c5c43)cccc2c1. The molecule has 0 unspecified atom stereocenters. The molecule has 0 radical (unpaired) electrons. The maximum absolute atomic E-state index is 6.80. The van der Waals surface area contributed by atoms with Crippen LogP contribution >= 0.6 is 0 Å². The van der Waals surface area contributed by atoms with Crippen LogP contribution in [0.25, 0.3) is 121 Å². The largest absolute Gasteiger partial charge is 0.455 e. The summed E-state index contributed by atoms with van der Waals surface area (Å²) >= 11 is 0. The quantitative estimate of drug-likeness (QED) is 0.179. The maximum atomic E-state index is 6.80. The van der Waals surface area contributed by atoms with Gasteiger partial charge in [0.2, 0.25) is 0 Å². The highest BCUT2D eigenvalue weighted by Crippen LogP contribution is 2.50. The smallest absolute Gasteiger partial charge is 0.145 e. The van der Waals surface area contributed by atoms with Crippen molar-refractivity contribution in [2.24, 2.45) is 0 Å². The van der Waals surface area contributed by atoms with Crippen LogP contribution in [0.1, 0.15) is 0 Å². The predicted molar refractivity (Wildman–Crippen MR) is 222 cm³/mol. The van der Waals surface area contributed by atoms with E-state index in [9.17, 15) is 0 Å². The number of aromatic nitrogens is 2. The normalized spacial score (nSPS) is 12.5. The van der Waals surface area contributed by atoms with Crippen LogP contribution in [0.3, 0.4) is 0 Å². The molecule has 0 atom stereocenters. The Morgan fingerprint density at radius 2 is 1.04 bits per heavy atom. The number of rotatable bonds is 2. The van der Waals surface area contributed by atoms with Crippen molar-refractivity contribution in [1.82, 2.24) is 9.13 Å². The summed E-state index contributed by atoms with van der Waals surface area (Å²) in [6, 6.07) is 62.3. The van der Waals surface area contributed by atoms with E-state index in [2.05, 4.69) is 179 Å². The molecule has 0 aliphatic heterocycles. The lowest BCUT2D eigenvalue weighted by molar-refractivity contribution is 0.673. The summed E-state index contributed by atoms with van der Waals surface area (Å²) in [5.41, 5.74) is 14.0. The Balaban J connectivity index is 1.25. The summed E-state index contributed by atoms with van der Waals surface area (Å²) in [6.07, 6.45) is 0. The molecule has 0 N–H and O–H groups in total. The van der Waals surface area contributed by atoms with E-state index in [-0.39, 0.29) is 0 Å². The summed E-state index contributed by atoms with van der Waals surface area (Å²) in [5, 5.41) is 12.1. The lowest BCUT2D eigenvalue weighted by atomic mass is 10.0. The minimum absolute atomic E-state index is 0.908. The molecule has 244 valence electrons. The Kier molecular flexibility index (Phi) is 5.11. The van der Waals surface area contributed by atoms with Gasteiger partial charge in [-0.2, -0.15) is 0 Å². The van der Waals surface area contributed by atoms with Gasteiger partial charge in [-0.3, -0.25) is 0 Å². The molecule has 53 heavy (non-hydrogen) atoms. The number of hydrogen-bond donors (Lipinski definition) is 0. The molecule has 3 aromatic heterocycles. The van der Waals surface area contributed by atoms with Crippen molar-refractivity contribution in [1.29, 1.82) is 0 Å². The number of furan rings is 1. The van der Waals surface area contributed by atoms with E-state index >= 15 is 0 Å². The summed E-state index contributed by atoms with van der Waals surface area (Å²) in [4.78, 5) is 0. The van der Waals surface area contributed by atoms with Crippen LogP contribution in [-0.2, 0) is 0 Å². The second-order valence-corrected chi connectivity index (χ2v) is 14.4. The first-order chi connectivity index (χ1) is 26.3. The molecule has 0 amide bonds. The Bertz CT molecular complexity index is 3560. The molecule has 0 spiro atoms. The van der Waals surface area contributed by atoms with Crippen LogP contribution < -0.4 is 0 Å². The van der Waals surface area contributed by atoms with E-state index in [0.29, 0.717) is 0 Å². The minimum Gasteiger partial charge on any atom is -0.455 e. The molecule has 12 aromatic rings. The van der Waals surface area contributed by atoms with Crippen LogP contribution in [0.2, 0.25) is 0 Å². The van der Waals surface area contributed by atoms with Crippen LogP contribution in [0.5, 0.6) is 0 Å². The van der Waals surface area contributed by atoms with Crippen molar-refractivity contribution in [2.75, 3.05) is 0 Å². The van der Waals surface area contributed by atoms with Crippen LogP contribution in [-0.4, -0.2) is 9.13 Å². The van der Waals surface area contributed by atoms with Crippen molar-refractivity contribution < 1.29 is 4.42 Å². The van der Waals surface area contributed by atoms with Gasteiger partial charge in [0.05, 0.1) is 33.1 Å². The molecule has 3 nitrogen and oxygen atoms in total. The van der Waals surface area contributed by atoms with E-state index in [0.717, 1.165) is 38.5 Å². The molecular formula is C50H28N2O. The van der Waals surface area contributed by atoms with Gasteiger partial charge in [-0.05, 0) is 80.9 Å². The zero-order chi connectivity index (χ0) is 34.4. The Labute approximate surface area is 303 Å². The lowest BCUT2D eigenvalue weighted by Crippen LogP contribution is -1.99. The van der Waals surface area contributed by atoms with Gasteiger partial charge in [0, 0.05) is 38.0 Å². The topological polar surface area (TPSA) is 23.0 Å². The molecule has 9 aromatic carbocycles. The highest BCUT2D eigenvalue weighted by Gasteiger charge is 2.26. The Morgan fingerprint density at radius 3 is 1.94 bits per heavy atom. The third kappa shape index (κ3) is 3.44. The zero-order valence-electron chi connectivity index (χ0n) is 28.5. The summed E-state index contributed by atoms with van der Waals surface area (Å²) in [6.45, 7) is 0. The van der Waals surface area contributed by atoms with Gasteiger partial charge in [-0.1, -0.05) is 127 Å². The molecule has 0 saturated heterocycles. The maximum Gasteiger partial charge on any atom is 0.145 e. The van der Waals surface area contributed by atoms with Crippen molar-refractivity contribution in [2.45, 2.75) is 0 Å². The third-order valence-electron chi connectivity index (χ3n) is 11.8. The van der Waals surface area contributed by atoms with Crippen molar-refractivity contribution >= 4 is 87.1 Å². The molecule has 1 aliphatic carbocycles. The van der Waals surface area contributed by atoms with Gasteiger partial charge in [0.1, 0.15) is 11.2 Å². The average Bonchev–Trinajstić information content (AvgIpc) is 3.95. The molecule has 3 heteroatoms. The fourth-order valence-corrected chi connectivity index (χ4v) is 9.65. The zero-order valence-corrected chi connectivity index (χ0v) is 28.5. The second kappa shape index (κ2) is 9.81. The number of nitrogens with zero attached hydrogens (tertiary/aromatic N) is 2. The molecule has 0 fully saturated rings. The molecule has 0 saturated carbocycles. The first kappa shape index (κ1) is 27.6.